The fourth-order valence-corrected chi connectivity index (χ4v) is 9.96. The summed E-state index contributed by atoms with van der Waals surface area (Å²) in [6.07, 6.45) is -7.46. The van der Waals surface area contributed by atoms with Crippen molar-refractivity contribution >= 4 is 5.97 Å². The molecule has 0 radical (unpaired) electrons. The van der Waals surface area contributed by atoms with Gasteiger partial charge in [-0.25, -0.2) is 0 Å². The van der Waals surface area contributed by atoms with E-state index < -0.39 is 102 Å². The Morgan fingerprint density at radius 1 is 1.00 bits per heavy atom. The summed E-state index contributed by atoms with van der Waals surface area (Å²) in [5.74, 6) is -2.71. The molecule has 5 fully saturated rings. The number of carbonyl (C=O) groups excluding carboxylic acids is 1. The molecule has 14 nitrogen and oxygen atoms in total. The number of methoxy groups -OCH3 is 1. The van der Waals surface area contributed by atoms with E-state index in [1.807, 2.05) is 27.7 Å². The summed E-state index contributed by atoms with van der Waals surface area (Å²) in [6.45, 7) is 21.0. The van der Waals surface area contributed by atoms with Gasteiger partial charge in [0.2, 0.25) is 0 Å². The van der Waals surface area contributed by atoms with Crippen molar-refractivity contribution in [2.75, 3.05) is 33.4 Å². The maximum atomic E-state index is 14.4. The van der Waals surface area contributed by atoms with Gasteiger partial charge in [-0.2, -0.15) is 0 Å². The van der Waals surface area contributed by atoms with E-state index in [1.165, 1.54) is 14.0 Å². The van der Waals surface area contributed by atoms with E-state index in [0.29, 0.717) is 39.1 Å². The molecule has 0 aromatic carbocycles. The molecule has 0 saturated carbocycles. The minimum atomic E-state index is -1.79. The summed E-state index contributed by atoms with van der Waals surface area (Å²) < 4.78 is 51.1. The van der Waals surface area contributed by atoms with E-state index in [2.05, 4.69) is 11.8 Å². The van der Waals surface area contributed by atoms with Crippen molar-refractivity contribution in [3.63, 3.8) is 0 Å². The van der Waals surface area contributed by atoms with Gasteiger partial charge in [-0.15, -0.1) is 0 Å². The van der Waals surface area contributed by atoms with Crippen molar-refractivity contribution in [2.45, 2.75) is 185 Å². The SMILES string of the molecule is CC[C@@H](O)[C@@](C)(O)[C@@H]1OC(=O)C(C)C(O[C@@H]2C[C@](C)(OC)[C@H](O)[C@H](C)O2)[C@H](C)[C@@H](O[C@H]2O[C@@H](C)C[C@@H](N3CCOCC3)[C@@H]2O)[C@@]2(C)C[C@@H](C)[C@H](O2)[C@@H]1C. The van der Waals surface area contributed by atoms with E-state index in [1.54, 1.807) is 27.7 Å². The van der Waals surface area contributed by atoms with Crippen LogP contribution in [-0.4, -0.2) is 155 Å². The Labute approximate surface area is 316 Å². The van der Waals surface area contributed by atoms with E-state index in [-0.39, 0.29) is 30.9 Å². The Balaban J connectivity index is 1.57. The number of fused-ring (bicyclic) bond motifs is 2. The maximum Gasteiger partial charge on any atom is 0.311 e. The van der Waals surface area contributed by atoms with Crippen LogP contribution in [0.3, 0.4) is 0 Å². The van der Waals surface area contributed by atoms with Crippen LogP contribution in [0.1, 0.15) is 94.9 Å². The highest BCUT2D eigenvalue weighted by molar-refractivity contribution is 5.73. The Morgan fingerprint density at radius 3 is 2.28 bits per heavy atom. The first-order valence-electron chi connectivity index (χ1n) is 19.9. The molecule has 5 saturated heterocycles. The molecule has 2 unspecified atom stereocenters. The van der Waals surface area contributed by atoms with Crippen molar-refractivity contribution in [1.82, 2.24) is 4.90 Å². The fraction of sp³-hybridized carbons (Fsp3) is 0.974. The zero-order chi connectivity index (χ0) is 39.2. The number of rotatable bonds is 9. The summed E-state index contributed by atoms with van der Waals surface area (Å²) in [4.78, 5) is 16.6. The molecule has 5 rings (SSSR count). The molecule has 19 atom stereocenters. The monoisotopic (exact) mass is 759 g/mol. The lowest BCUT2D eigenvalue weighted by molar-refractivity contribution is -0.319. The first-order valence-corrected chi connectivity index (χ1v) is 19.9. The predicted molar refractivity (Wildman–Crippen MR) is 193 cm³/mol. The lowest BCUT2D eigenvalue weighted by Crippen LogP contribution is -2.61. The van der Waals surface area contributed by atoms with Crippen LogP contribution in [0.15, 0.2) is 0 Å². The van der Waals surface area contributed by atoms with Crippen LogP contribution in [0.5, 0.6) is 0 Å². The highest BCUT2D eigenvalue weighted by atomic mass is 16.7. The number of aliphatic hydroxyl groups excluding tert-OH is 3. The molecule has 2 bridgehead atoms. The Bertz CT molecular complexity index is 1220. The third-order valence-corrected chi connectivity index (χ3v) is 13.2. The maximum absolute atomic E-state index is 14.4. The summed E-state index contributed by atoms with van der Waals surface area (Å²) in [5.41, 5.74) is -3.74. The zero-order valence-electron chi connectivity index (χ0n) is 33.8. The average Bonchev–Trinajstić information content (AvgIpc) is 3.44. The molecule has 5 aliphatic heterocycles. The van der Waals surface area contributed by atoms with Gasteiger partial charge >= 0.3 is 5.97 Å². The van der Waals surface area contributed by atoms with Crippen LogP contribution in [0.25, 0.3) is 0 Å². The van der Waals surface area contributed by atoms with Gasteiger partial charge in [0.1, 0.15) is 23.9 Å². The summed E-state index contributed by atoms with van der Waals surface area (Å²) in [7, 11) is 1.53. The van der Waals surface area contributed by atoms with Gasteiger partial charge < -0.3 is 58.3 Å². The van der Waals surface area contributed by atoms with E-state index in [9.17, 15) is 25.2 Å². The number of aliphatic hydroxyl groups is 4. The van der Waals surface area contributed by atoms with Crippen molar-refractivity contribution in [1.29, 1.82) is 0 Å². The molecule has 0 amide bonds. The molecular formula is C39H69NO13. The second-order valence-corrected chi connectivity index (χ2v) is 17.4. The molecule has 4 N–H and O–H groups in total. The first kappa shape index (κ1) is 43.1. The van der Waals surface area contributed by atoms with Gasteiger partial charge in [-0.05, 0) is 66.7 Å². The van der Waals surface area contributed by atoms with Crippen molar-refractivity contribution in [3.05, 3.63) is 0 Å². The number of esters is 1. The molecule has 5 heterocycles. The van der Waals surface area contributed by atoms with E-state index in [0.717, 1.165) is 0 Å². The topological polar surface area (TPSA) is 175 Å². The molecule has 308 valence electrons. The molecular weight excluding hydrogens is 690 g/mol. The van der Waals surface area contributed by atoms with Crippen LogP contribution in [0, 0.1) is 23.7 Å². The van der Waals surface area contributed by atoms with Crippen LogP contribution in [0.4, 0.5) is 0 Å². The highest BCUT2D eigenvalue weighted by Crippen LogP contribution is 2.48. The number of ether oxygens (including phenoxy) is 8. The summed E-state index contributed by atoms with van der Waals surface area (Å²) in [6, 6.07) is -0.209. The van der Waals surface area contributed by atoms with Gasteiger partial charge in [0, 0.05) is 44.5 Å². The fourth-order valence-electron chi connectivity index (χ4n) is 9.96. The van der Waals surface area contributed by atoms with Crippen LogP contribution < -0.4 is 0 Å². The van der Waals surface area contributed by atoms with E-state index in [4.69, 9.17) is 37.9 Å². The molecule has 14 heteroatoms. The zero-order valence-corrected chi connectivity index (χ0v) is 33.8. The summed E-state index contributed by atoms with van der Waals surface area (Å²) >= 11 is 0. The van der Waals surface area contributed by atoms with Crippen LogP contribution >= 0.6 is 0 Å². The Hall–Kier alpha value is -1.01. The predicted octanol–water partition coefficient (Wildman–Crippen LogP) is 2.39. The first-order chi connectivity index (χ1) is 24.8. The molecule has 5 aliphatic rings. The molecule has 0 aliphatic carbocycles. The second-order valence-electron chi connectivity index (χ2n) is 17.4. The normalized spacial score (nSPS) is 49.4. The number of hydrogen-bond donors (Lipinski definition) is 4. The minimum Gasteiger partial charge on any atom is -0.459 e. The molecule has 0 aromatic rings. The third-order valence-electron chi connectivity index (χ3n) is 13.2. The van der Waals surface area contributed by atoms with Gasteiger partial charge in [0.25, 0.3) is 0 Å². The van der Waals surface area contributed by atoms with Crippen LogP contribution in [0.2, 0.25) is 0 Å². The smallest absolute Gasteiger partial charge is 0.311 e. The molecule has 0 spiro atoms. The van der Waals surface area contributed by atoms with Gasteiger partial charge in [0.15, 0.2) is 12.6 Å². The van der Waals surface area contributed by atoms with Gasteiger partial charge in [-0.1, -0.05) is 27.7 Å². The number of hydrogen-bond acceptors (Lipinski definition) is 14. The second kappa shape index (κ2) is 16.8. The van der Waals surface area contributed by atoms with E-state index >= 15 is 0 Å². The number of cyclic esters (lactones) is 1. The van der Waals surface area contributed by atoms with Gasteiger partial charge in [-0.3, -0.25) is 9.69 Å². The third kappa shape index (κ3) is 8.64. The highest BCUT2D eigenvalue weighted by Gasteiger charge is 2.59. The molecule has 53 heavy (non-hydrogen) atoms. The number of morpholine rings is 1. The van der Waals surface area contributed by atoms with Gasteiger partial charge in [0.05, 0.1) is 67.0 Å². The number of nitrogens with zero attached hydrogens (tertiary/aromatic N) is 1. The minimum absolute atomic E-state index is 0.0658. The summed E-state index contributed by atoms with van der Waals surface area (Å²) in [5, 5.41) is 45.7. The Kier molecular flexibility index (Phi) is 13.7. The Morgan fingerprint density at radius 2 is 1.66 bits per heavy atom. The van der Waals surface area contributed by atoms with Crippen molar-refractivity contribution in [2.24, 2.45) is 23.7 Å². The lowest BCUT2D eigenvalue weighted by Gasteiger charge is -2.49. The largest absolute Gasteiger partial charge is 0.459 e. The standard InChI is InChI=1S/C39H69NO13/c1-12-27(41)39(10,45)34-22(4)30-20(2)18-38(9,53-30)33(52-36-29(42)26(17-21(3)48-36)40-13-15-47-16-14-40)23(5)31(24(6)35(44)51-34)50-28-19-37(8,46-11)32(43)25(7)49-28/h20-34,36,41-43,45H,12-19H2,1-11H3/t20-,21+,22+,23+,24?,25+,26-,27-,28-,29+,30+,31?,32-,33-,34-,36-,37+,38-,39-/m1/s1. The van der Waals surface area contributed by atoms with Crippen molar-refractivity contribution < 1.29 is 63.1 Å². The quantitative estimate of drug-likeness (QED) is 0.252. The number of carbonyl (C=O) groups is 1. The van der Waals surface area contributed by atoms with Crippen LogP contribution in [-0.2, 0) is 42.7 Å². The lowest BCUT2D eigenvalue weighted by atomic mass is 9.76. The average molecular weight is 760 g/mol. The van der Waals surface area contributed by atoms with Crippen molar-refractivity contribution in [3.8, 4) is 0 Å². The molecule has 0 aromatic heterocycles.